The number of allylic oxidation sites excluding steroid dienone is 1. The highest BCUT2D eigenvalue weighted by Crippen LogP contribution is 2.35. The van der Waals surface area contributed by atoms with Gasteiger partial charge in [0.05, 0.1) is 20.5 Å². The Balaban J connectivity index is 5.42. The SMILES string of the molecule is CCC[C@@H](/C=C\OC(C)=O)C(C)(C(=O)OC)C(=O)OC. The second-order valence-electron chi connectivity index (χ2n) is 4.52. The van der Waals surface area contributed by atoms with E-state index in [9.17, 15) is 14.4 Å². The maximum absolute atomic E-state index is 12.0. The summed E-state index contributed by atoms with van der Waals surface area (Å²) in [7, 11) is 2.42. The van der Waals surface area contributed by atoms with Gasteiger partial charge in [-0.2, -0.15) is 0 Å². The molecule has 1 atom stereocenters. The van der Waals surface area contributed by atoms with E-state index in [1.54, 1.807) is 0 Å². The molecule has 0 aliphatic carbocycles. The zero-order chi connectivity index (χ0) is 15.8. The third-order valence-electron chi connectivity index (χ3n) is 3.11. The standard InChI is InChI=1S/C14H22O6/c1-6-7-11(8-9-20-10(2)15)14(3,12(16)18-4)13(17)19-5/h8-9,11H,6-7H2,1-5H3/b9-8-/t11-/m0/s1. The molecule has 0 aromatic carbocycles. The Morgan fingerprint density at radius 3 is 2.00 bits per heavy atom. The molecule has 0 aliphatic rings. The molecule has 114 valence electrons. The van der Waals surface area contributed by atoms with Crippen LogP contribution in [0.1, 0.15) is 33.6 Å². The maximum Gasteiger partial charge on any atom is 0.323 e. The van der Waals surface area contributed by atoms with Gasteiger partial charge in [-0.25, -0.2) is 0 Å². The number of ether oxygens (including phenoxy) is 3. The first-order valence-electron chi connectivity index (χ1n) is 6.35. The van der Waals surface area contributed by atoms with Crippen LogP contribution in [0, 0.1) is 11.3 Å². The minimum Gasteiger partial charge on any atom is -0.468 e. The number of hydrogen-bond acceptors (Lipinski definition) is 6. The number of hydrogen-bond donors (Lipinski definition) is 0. The molecule has 0 bridgehead atoms. The van der Waals surface area contributed by atoms with Crippen molar-refractivity contribution >= 4 is 17.9 Å². The van der Waals surface area contributed by atoms with Crippen molar-refractivity contribution in [1.29, 1.82) is 0 Å². The molecule has 0 saturated carbocycles. The molecule has 0 heterocycles. The van der Waals surface area contributed by atoms with Crippen LogP contribution in [0.2, 0.25) is 0 Å². The Morgan fingerprint density at radius 2 is 1.65 bits per heavy atom. The van der Waals surface area contributed by atoms with Crippen LogP contribution >= 0.6 is 0 Å². The number of rotatable bonds is 7. The van der Waals surface area contributed by atoms with Gasteiger partial charge in [-0.05, 0) is 19.4 Å². The Labute approximate surface area is 119 Å². The summed E-state index contributed by atoms with van der Waals surface area (Å²) in [5, 5.41) is 0. The van der Waals surface area contributed by atoms with E-state index in [2.05, 4.69) is 0 Å². The van der Waals surface area contributed by atoms with Crippen LogP contribution in [-0.4, -0.2) is 32.1 Å². The average molecular weight is 286 g/mol. The minimum atomic E-state index is -1.48. The lowest BCUT2D eigenvalue weighted by Gasteiger charge is -2.30. The van der Waals surface area contributed by atoms with E-state index in [4.69, 9.17) is 14.2 Å². The molecule has 6 nitrogen and oxygen atoms in total. The number of carbonyl (C=O) groups is 3. The van der Waals surface area contributed by atoms with Crippen molar-refractivity contribution in [2.45, 2.75) is 33.6 Å². The highest BCUT2D eigenvalue weighted by molar-refractivity contribution is 6.00. The number of esters is 3. The van der Waals surface area contributed by atoms with Gasteiger partial charge >= 0.3 is 17.9 Å². The van der Waals surface area contributed by atoms with Gasteiger partial charge in [0.25, 0.3) is 0 Å². The van der Waals surface area contributed by atoms with Crippen molar-refractivity contribution < 1.29 is 28.6 Å². The van der Waals surface area contributed by atoms with Gasteiger partial charge in [0.2, 0.25) is 0 Å². The van der Waals surface area contributed by atoms with Crippen molar-refractivity contribution in [2.24, 2.45) is 11.3 Å². The van der Waals surface area contributed by atoms with Crippen LogP contribution in [0.4, 0.5) is 0 Å². The molecule has 0 unspecified atom stereocenters. The second kappa shape index (κ2) is 8.35. The normalized spacial score (nSPS) is 12.8. The van der Waals surface area contributed by atoms with Gasteiger partial charge in [-0.3, -0.25) is 14.4 Å². The molecule has 0 N–H and O–H groups in total. The number of methoxy groups -OCH3 is 2. The van der Waals surface area contributed by atoms with E-state index in [0.717, 1.165) is 6.42 Å². The summed E-state index contributed by atoms with van der Waals surface area (Å²) in [6.07, 6.45) is 3.97. The summed E-state index contributed by atoms with van der Waals surface area (Å²) in [4.78, 5) is 34.7. The third-order valence-corrected chi connectivity index (χ3v) is 3.11. The molecule has 0 radical (unpaired) electrons. The first kappa shape index (κ1) is 18.1. The first-order valence-corrected chi connectivity index (χ1v) is 6.35. The smallest absolute Gasteiger partial charge is 0.323 e. The summed E-state index contributed by atoms with van der Waals surface area (Å²) in [5.74, 6) is -2.34. The summed E-state index contributed by atoms with van der Waals surface area (Å²) in [5.41, 5.74) is -1.48. The van der Waals surface area contributed by atoms with Crippen LogP contribution < -0.4 is 0 Å². The second-order valence-corrected chi connectivity index (χ2v) is 4.52. The largest absolute Gasteiger partial charge is 0.468 e. The quantitative estimate of drug-likeness (QED) is 0.307. The van der Waals surface area contributed by atoms with Gasteiger partial charge in [-0.1, -0.05) is 13.3 Å². The van der Waals surface area contributed by atoms with Crippen LogP contribution in [-0.2, 0) is 28.6 Å². The van der Waals surface area contributed by atoms with E-state index < -0.39 is 29.2 Å². The summed E-state index contributed by atoms with van der Waals surface area (Å²) in [6.45, 7) is 4.64. The molecule has 20 heavy (non-hydrogen) atoms. The van der Waals surface area contributed by atoms with Crippen molar-refractivity contribution in [3.63, 3.8) is 0 Å². The van der Waals surface area contributed by atoms with Gasteiger partial charge in [-0.15, -0.1) is 0 Å². The zero-order valence-corrected chi connectivity index (χ0v) is 12.6. The molecule has 0 spiro atoms. The average Bonchev–Trinajstić information content (AvgIpc) is 2.43. The lowest BCUT2D eigenvalue weighted by Crippen LogP contribution is -2.44. The lowest BCUT2D eigenvalue weighted by molar-refractivity contribution is -0.171. The van der Waals surface area contributed by atoms with E-state index >= 15 is 0 Å². The monoisotopic (exact) mass is 286 g/mol. The third kappa shape index (κ3) is 4.36. The van der Waals surface area contributed by atoms with Crippen molar-refractivity contribution in [1.82, 2.24) is 0 Å². The maximum atomic E-state index is 12.0. The van der Waals surface area contributed by atoms with E-state index in [-0.39, 0.29) is 0 Å². The Hall–Kier alpha value is -1.85. The number of carbonyl (C=O) groups excluding carboxylic acids is 3. The topological polar surface area (TPSA) is 78.9 Å². The van der Waals surface area contributed by atoms with E-state index in [1.807, 2.05) is 6.92 Å². The fraction of sp³-hybridized carbons (Fsp3) is 0.643. The lowest BCUT2D eigenvalue weighted by atomic mass is 9.74. The molecule has 0 rings (SSSR count). The Kier molecular flexibility index (Phi) is 7.57. The summed E-state index contributed by atoms with van der Waals surface area (Å²) >= 11 is 0. The molecule has 0 fully saturated rings. The van der Waals surface area contributed by atoms with E-state index in [1.165, 1.54) is 40.4 Å². The van der Waals surface area contributed by atoms with Crippen LogP contribution in [0.5, 0.6) is 0 Å². The zero-order valence-electron chi connectivity index (χ0n) is 12.6. The van der Waals surface area contributed by atoms with E-state index in [0.29, 0.717) is 6.42 Å². The van der Waals surface area contributed by atoms with Gasteiger partial charge in [0, 0.05) is 12.8 Å². The summed E-state index contributed by atoms with van der Waals surface area (Å²) in [6, 6.07) is 0. The summed E-state index contributed by atoms with van der Waals surface area (Å²) < 4.78 is 14.1. The molecule has 0 aromatic rings. The Morgan fingerprint density at radius 1 is 1.15 bits per heavy atom. The predicted molar refractivity (Wildman–Crippen MR) is 71.4 cm³/mol. The van der Waals surface area contributed by atoms with Crippen LogP contribution in [0.25, 0.3) is 0 Å². The van der Waals surface area contributed by atoms with Crippen LogP contribution in [0.15, 0.2) is 12.3 Å². The molecule has 0 aliphatic heterocycles. The molecular formula is C14H22O6. The molecule has 6 heteroatoms. The van der Waals surface area contributed by atoms with Crippen molar-refractivity contribution in [3.05, 3.63) is 12.3 Å². The predicted octanol–water partition coefficient (Wildman–Crippen LogP) is 1.83. The fourth-order valence-electron chi connectivity index (χ4n) is 1.93. The highest BCUT2D eigenvalue weighted by atomic mass is 16.5. The minimum absolute atomic E-state index is 0.477. The molecule has 0 saturated heterocycles. The Bertz CT molecular complexity index is 369. The molecule has 0 aromatic heterocycles. The van der Waals surface area contributed by atoms with Gasteiger partial charge < -0.3 is 14.2 Å². The van der Waals surface area contributed by atoms with Gasteiger partial charge in [0.1, 0.15) is 0 Å². The first-order chi connectivity index (χ1) is 9.34. The van der Waals surface area contributed by atoms with Gasteiger partial charge in [0.15, 0.2) is 5.41 Å². The van der Waals surface area contributed by atoms with Crippen molar-refractivity contribution in [2.75, 3.05) is 14.2 Å². The highest BCUT2D eigenvalue weighted by Gasteiger charge is 2.49. The van der Waals surface area contributed by atoms with Crippen LogP contribution in [0.3, 0.4) is 0 Å². The fourth-order valence-corrected chi connectivity index (χ4v) is 1.93. The van der Waals surface area contributed by atoms with Crippen molar-refractivity contribution in [3.8, 4) is 0 Å². The molecular weight excluding hydrogens is 264 g/mol. The molecule has 0 amide bonds.